The molecule has 3 heteroatoms. The van der Waals surface area contributed by atoms with Crippen LogP contribution in [0, 0.1) is 0 Å². The number of nitrogens with zero attached hydrogens (tertiary/aromatic N) is 1. The Balaban J connectivity index is 3.02. The van der Waals surface area contributed by atoms with Crippen molar-refractivity contribution in [2.75, 3.05) is 0 Å². The van der Waals surface area contributed by atoms with Gasteiger partial charge in [-0.15, -0.1) is 11.6 Å². The van der Waals surface area contributed by atoms with Crippen molar-refractivity contribution in [3.63, 3.8) is 0 Å². The van der Waals surface area contributed by atoms with Crippen LogP contribution in [0.15, 0.2) is 10.8 Å². The lowest BCUT2D eigenvalue weighted by molar-refractivity contribution is 0.412. The lowest BCUT2D eigenvalue weighted by Gasteiger charge is -2.16. The van der Waals surface area contributed by atoms with Gasteiger partial charge in [0.05, 0.1) is 5.88 Å². The monoisotopic (exact) mass is 173 g/mol. The highest BCUT2D eigenvalue weighted by molar-refractivity contribution is 6.17. The van der Waals surface area contributed by atoms with E-state index in [1.807, 2.05) is 0 Å². The molecule has 1 aromatic heterocycles. The first-order valence-corrected chi connectivity index (χ1v) is 4.09. The fraction of sp³-hybridized carbons (Fsp3) is 0.625. The standard InChI is InChI=1S/C8H12ClNO/c1-8(2,3)6-5-11-10-7(6)4-9/h5H,4H2,1-3H3. The molecule has 11 heavy (non-hydrogen) atoms. The highest BCUT2D eigenvalue weighted by Crippen LogP contribution is 2.25. The molecule has 0 aliphatic rings. The summed E-state index contributed by atoms with van der Waals surface area (Å²) in [4.78, 5) is 0. The van der Waals surface area contributed by atoms with Gasteiger partial charge in [-0.3, -0.25) is 0 Å². The first-order chi connectivity index (χ1) is 5.05. The average Bonchev–Trinajstić information content (AvgIpc) is 2.31. The predicted molar refractivity (Wildman–Crippen MR) is 44.8 cm³/mol. The van der Waals surface area contributed by atoms with Crippen molar-refractivity contribution < 1.29 is 4.52 Å². The summed E-state index contributed by atoms with van der Waals surface area (Å²) in [5, 5.41) is 3.79. The molecule has 0 saturated carbocycles. The summed E-state index contributed by atoms with van der Waals surface area (Å²) < 4.78 is 4.83. The van der Waals surface area contributed by atoms with E-state index < -0.39 is 0 Å². The fourth-order valence-corrected chi connectivity index (χ4v) is 1.16. The topological polar surface area (TPSA) is 26.0 Å². The zero-order valence-corrected chi connectivity index (χ0v) is 7.77. The molecule has 0 aliphatic heterocycles. The average molecular weight is 174 g/mol. The molecule has 0 atom stereocenters. The quantitative estimate of drug-likeness (QED) is 0.611. The number of alkyl halides is 1. The largest absolute Gasteiger partial charge is 0.364 e. The number of hydrogen-bond acceptors (Lipinski definition) is 2. The second kappa shape index (κ2) is 2.86. The molecule has 1 rings (SSSR count). The van der Waals surface area contributed by atoms with Gasteiger partial charge in [0.15, 0.2) is 0 Å². The van der Waals surface area contributed by atoms with Crippen LogP contribution >= 0.6 is 11.6 Å². The van der Waals surface area contributed by atoms with E-state index in [0.717, 1.165) is 11.3 Å². The van der Waals surface area contributed by atoms with Crippen molar-refractivity contribution in [3.8, 4) is 0 Å². The lowest BCUT2D eigenvalue weighted by Crippen LogP contribution is -2.12. The second-order valence-electron chi connectivity index (χ2n) is 3.56. The molecule has 1 heterocycles. The van der Waals surface area contributed by atoms with E-state index in [2.05, 4.69) is 25.9 Å². The van der Waals surface area contributed by atoms with Gasteiger partial charge in [-0.2, -0.15) is 0 Å². The molecule has 0 amide bonds. The first kappa shape index (κ1) is 8.60. The maximum Gasteiger partial charge on any atom is 0.127 e. The van der Waals surface area contributed by atoms with Crippen LogP contribution < -0.4 is 0 Å². The molecular formula is C8H12ClNO. The Kier molecular flexibility index (Phi) is 2.23. The molecule has 0 aliphatic carbocycles. The Hall–Kier alpha value is -0.500. The van der Waals surface area contributed by atoms with E-state index in [1.54, 1.807) is 6.26 Å². The molecule has 0 aromatic carbocycles. The highest BCUT2D eigenvalue weighted by Gasteiger charge is 2.20. The smallest absolute Gasteiger partial charge is 0.127 e. The Morgan fingerprint density at radius 1 is 1.55 bits per heavy atom. The van der Waals surface area contributed by atoms with Crippen LogP contribution in [0.1, 0.15) is 32.0 Å². The minimum absolute atomic E-state index is 0.0736. The highest BCUT2D eigenvalue weighted by atomic mass is 35.5. The summed E-state index contributed by atoms with van der Waals surface area (Å²) in [6, 6.07) is 0. The van der Waals surface area contributed by atoms with Crippen molar-refractivity contribution >= 4 is 11.6 Å². The van der Waals surface area contributed by atoms with Crippen LogP contribution in [-0.4, -0.2) is 5.16 Å². The van der Waals surface area contributed by atoms with Gasteiger partial charge < -0.3 is 4.52 Å². The van der Waals surface area contributed by atoms with Gasteiger partial charge in [-0.05, 0) is 5.41 Å². The summed E-state index contributed by atoms with van der Waals surface area (Å²) in [6.45, 7) is 6.32. The molecule has 1 aromatic rings. The lowest BCUT2D eigenvalue weighted by atomic mass is 9.88. The van der Waals surface area contributed by atoms with E-state index >= 15 is 0 Å². The fourth-order valence-electron chi connectivity index (χ4n) is 0.966. The molecule has 0 radical (unpaired) electrons. The van der Waals surface area contributed by atoms with Crippen LogP contribution in [0.25, 0.3) is 0 Å². The maximum absolute atomic E-state index is 5.66. The number of aromatic nitrogens is 1. The first-order valence-electron chi connectivity index (χ1n) is 3.55. The molecule has 0 saturated heterocycles. The Morgan fingerprint density at radius 3 is 2.55 bits per heavy atom. The van der Waals surface area contributed by atoms with E-state index in [-0.39, 0.29) is 5.41 Å². The SMILES string of the molecule is CC(C)(C)c1conc1CCl. The molecule has 0 spiro atoms. The predicted octanol–water partition coefficient (Wildman–Crippen LogP) is 2.71. The van der Waals surface area contributed by atoms with Gasteiger partial charge in [0, 0.05) is 5.56 Å². The van der Waals surface area contributed by atoms with Crippen molar-refractivity contribution in [2.45, 2.75) is 32.1 Å². The van der Waals surface area contributed by atoms with E-state index in [4.69, 9.17) is 16.1 Å². The Labute approximate surface area is 71.5 Å². The molecule has 2 nitrogen and oxygen atoms in total. The molecule has 62 valence electrons. The minimum atomic E-state index is 0.0736. The molecule has 0 N–H and O–H groups in total. The molecule has 0 unspecified atom stereocenters. The summed E-state index contributed by atoms with van der Waals surface area (Å²) >= 11 is 5.66. The van der Waals surface area contributed by atoms with Crippen molar-refractivity contribution in [1.29, 1.82) is 0 Å². The maximum atomic E-state index is 5.66. The summed E-state index contributed by atoms with van der Waals surface area (Å²) in [6.07, 6.45) is 1.66. The molecular weight excluding hydrogens is 162 g/mol. The van der Waals surface area contributed by atoms with E-state index in [0.29, 0.717) is 5.88 Å². The van der Waals surface area contributed by atoms with Crippen molar-refractivity contribution in [2.24, 2.45) is 0 Å². The van der Waals surface area contributed by atoms with Crippen LogP contribution in [0.2, 0.25) is 0 Å². The normalized spacial score (nSPS) is 12.0. The van der Waals surface area contributed by atoms with Crippen molar-refractivity contribution in [1.82, 2.24) is 5.16 Å². The third-order valence-corrected chi connectivity index (χ3v) is 1.83. The zero-order chi connectivity index (χ0) is 8.48. The number of rotatable bonds is 1. The summed E-state index contributed by atoms with van der Waals surface area (Å²) in [5.74, 6) is 0.420. The van der Waals surface area contributed by atoms with E-state index in [9.17, 15) is 0 Å². The third kappa shape index (κ3) is 1.74. The van der Waals surface area contributed by atoms with Gasteiger partial charge in [-0.25, -0.2) is 0 Å². The van der Waals surface area contributed by atoms with Crippen molar-refractivity contribution in [3.05, 3.63) is 17.5 Å². The summed E-state index contributed by atoms with van der Waals surface area (Å²) in [7, 11) is 0. The van der Waals surface area contributed by atoms with E-state index in [1.165, 1.54) is 0 Å². The van der Waals surface area contributed by atoms with Crippen LogP contribution in [0.3, 0.4) is 0 Å². The Morgan fingerprint density at radius 2 is 2.18 bits per heavy atom. The van der Waals surface area contributed by atoms with Crippen LogP contribution in [-0.2, 0) is 11.3 Å². The number of hydrogen-bond donors (Lipinski definition) is 0. The summed E-state index contributed by atoms with van der Waals surface area (Å²) in [5.41, 5.74) is 2.01. The minimum Gasteiger partial charge on any atom is -0.364 e. The van der Waals surface area contributed by atoms with Gasteiger partial charge in [0.1, 0.15) is 12.0 Å². The number of halogens is 1. The van der Waals surface area contributed by atoms with Gasteiger partial charge in [0.25, 0.3) is 0 Å². The second-order valence-corrected chi connectivity index (χ2v) is 3.83. The zero-order valence-electron chi connectivity index (χ0n) is 7.02. The third-order valence-electron chi connectivity index (χ3n) is 1.58. The van der Waals surface area contributed by atoms with Crippen LogP contribution in [0.4, 0.5) is 0 Å². The van der Waals surface area contributed by atoms with Gasteiger partial charge >= 0.3 is 0 Å². The van der Waals surface area contributed by atoms with Gasteiger partial charge in [-0.1, -0.05) is 25.9 Å². The Bertz CT molecular complexity index is 236. The molecule has 0 fully saturated rings. The molecule has 0 bridgehead atoms. The van der Waals surface area contributed by atoms with Crippen LogP contribution in [0.5, 0.6) is 0 Å². The van der Waals surface area contributed by atoms with Gasteiger partial charge in [0.2, 0.25) is 0 Å².